The van der Waals surface area contributed by atoms with E-state index in [2.05, 4.69) is 46.3 Å². The molecule has 0 aliphatic carbocycles. The molecule has 1 amide bonds. The molecule has 0 radical (unpaired) electrons. The quantitative estimate of drug-likeness (QED) is 0.292. The van der Waals surface area contributed by atoms with Crippen molar-refractivity contribution in [1.29, 1.82) is 0 Å². The number of hydrogen-bond acceptors (Lipinski definition) is 5. The zero-order valence-corrected chi connectivity index (χ0v) is 21.2. The molecule has 4 heterocycles. The lowest BCUT2D eigenvalue weighted by Gasteiger charge is -2.34. The van der Waals surface area contributed by atoms with Crippen molar-refractivity contribution in [3.8, 4) is 0 Å². The standard InChI is InChI=1S/C33H24N4O2/c1-23-34-31-30(39-23)33(24-13-5-2-6-14-24,25-15-7-3-8-16-25)28(37(31)26-17-9-4-10-18-26)21-20-27-32(38)35-29-19-11-12-22-36(27)29/h2-22H,1H3/b27-20+,28-21-. The lowest BCUT2D eigenvalue weighted by Crippen LogP contribution is -2.32. The predicted molar refractivity (Wildman–Crippen MR) is 151 cm³/mol. The number of allylic oxidation sites excluding steroid dienone is 5. The van der Waals surface area contributed by atoms with Crippen LogP contribution >= 0.6 is 0 Å². The average molecular weight is 509 g/mol. The first-order chi connectivity index (χ1) is 19.2. The van der Waals surface area contributed by atoms with Crippen LogP contribution in [-0.2, 0) is 10.2 Å². The summed E-state index contributed by atoms with van der Waals surface area (Å²) >= 11 is 0. The summed E-state index contributed by atoms with van der Waals surface area (Å²) in [5.74, 6) is 2.38. The molecule has 0 atom stereocenters. The highest BCUT2D eigenvalue weighted by Crippen LogP contribution is 2.58. The molecule has 0 N–H and O–H groups in total. The first-order valence-corrected chi connectivity index (χ1v) is 12.8. The molecule has 7 rings (SSSR count). The Morgan fingerprint density at radius 3 is 2.13 bits per heavy atom. The van der Waals surface area contributed by atoms with Crippen molar-refractivity contribution in [2.45, 2.75) is 12.3 Å². The fourth-order valence-electron chi connectivity index (χ4n) is 5.65. The van der Waals surface area contributed by atoms with Gasteiger partial charge in [-0.25, -0.2) is 0 Å². The zero-order chi connectivity index (χ0) is 26.4. The molecule has 6 heteroatoms. The number of hydrogen-bond donors (Lipinski definition) is 0. The smallest absolute Gasteiger partial charge is 0.295 e. The van der Waals surface area contributed by atoms with E-state index < -0.39 is 5.41 Å². The van der Waals surface area contributed by atoms with E-state index in [4.69, 9.17) is 9.40 Å². The minimum atomic E-state index is -0.824. The normalized spacial score (nSPS) is 19.1. The zero-order valence-electron chi connectivity index (χ0n) is 21.2. The van der Waals surface area contributed by atoms with Gasteiger partial charge in [0.2, 0.25) is 0 Å². The van der Waals surface area contributed by atoms with Crippen LogP contribution in [0, 0.1) is 6.92 Å². The number of aromatic nitrogens is 1. The van der Waals surface area contributed by atoms with Gasteiger partial charge < -0.3 is 4.42 Å². The van der Waals surface area contributed by atoms with Gasteiger partial charge >= 0.3 is 0 Å². The summed E-state index contributed by atoms with van der Waals surface area (Å²) in [6.45, 7) is 1.87. The fourth-order valence-corrected chi connectivity index (χ4v) is 5.65. The summed E-state index contributed by atoms with van der Waals surface area (Å²) in [5, 5.41) is 0. The number of benzene rings is 3. The Hall–Kier alpha value is -5.23. The van der Waals surface area contributed by atoms with Crippen molar-refractivity contribution < 1.29 is 9.21 Å². The second-order valence-corrected chi connectivity index (χ2v) is 9.49. The maximum Gasteiger partial charge on any atom is 0.295 e. The molecule has 6 nitrogen and oxygen atoms in total. The number of carbonyl (C=O) groups excluding carboxylic acids is 1. The van der Waals surface area contributed by atoms with Crippen molar-refractivity contribution in [3.63, 3.8) is 0 Å². The molecule has 0 bridgehead atoms. The average Bonchev–Trinajstić information content (AvgIpc) is 3.60. The largest absolute Gasteiger partial charge is 0.442 e. The van der Waals surface area contributed by atoms with Crippen LogP contribution in [0.25, 0.3) is 0 Å². The lowest BCUT2D eigenvalue weighted by atomic mass is 9.71. The molecule has 0 unspecified atom stereocenters. The number of aryl methyl sites for hydroxylation is 1. The number of amides is 1. The van der Waals surface area contributed by atoms with E-state index in [1.165, 1.54) is 0 Å². The maximum atomic E-state index is 13.0. The SMILES string of the molecule is Cc1nc2c(o1)C(c1ccccc1)(c1ccccc1)/C(=C/C=C1\C(=O)N=C3C=CC=CN31)N2c1ccccc1. The van der Waals surface area contributed by atoms with Crippen molar-refractivity contribution in [2.75, 3.05) is 4.90 Å². The molecule has 3 aliphatic rings. The predicted octanol–water partition coefficient (Wildman–Crippen LogP) is 6.56. The molecule has 0 saturated carbocycles. The first kappa shape index (κ1) is 22.9. The van der Waals surface area contributed by atoms with E-state index in [9.17, 15) is 4.79 Å². The Morgan fingerprint density at radius 1 is 0.821 bits per heavy atom. The van der Waals surface area contributed by atoms with Crippen LogP contribution in [0.4, 0.5) is 11.5 Å². The number of rotatable bonds is 4. The minimum Gasteiger partial charge on any atom is -0.442 e. The summed E-state index contributed by atoms with van der Waals surface area (Å²) < 4.78 is 6.48. The third-order valence-corrected chi connectivity index (χ3v) is 7.25. The van der Waals surface area contributed by atoms with Gasteiger partial charge in [0.1, 0.15) is 16.9 Å². The first-order valence-electron chi connectivity index (χ1n) is 12.8. The highest BCUT2D eigenvalue weighted by atomic mass is 16.4. The van der Waals surface area contributed by atoms with Crippen LogP contribution in [0.5, 0.6) is 0 Å². The van der Waals surface area contributed by atoms with E-state index in [1.54, 1.807) is 0 Å². The number of carbonyl (C=O) groups is 1. The molecule has 188 valence electrons. The number of para-hydroxylation sites is 1. The fraction of sp³-hybridized carbons (Fsp3) is 0.0606. The van der Waals surface area contributed by atoms with Crippen molar-refractivity contribution in [3.05, 3.63) is 162 Å². The van der Waals surface area contributed by atoms with Crippen molar-refractivity contribution >= 4 is 23.2 Å². The van der Waals surface area contributed by atoms with Gasteiger partial charge in [-0.1, -0.05) is 84.9 Å². The monoisotopic (exact) mass is 508 g/mol. The van der Waals surface area contributed by atoms with Gasteiger partial charge in [0.25, 0.3) is 5.91 Å². The van der Waals surface area contributed by atoms with Gasteiger partial charge in [-0.05, 0) is 47.6 Å². The summed E-state index contributed by atoms with van der Waals surface area (Å²) in [5.41, 5.74) is 3.57. The van der Waals surface area contributed by atoms with Gasteiger partial charge in [0, 0.05) is 24.5 Å². The number of anilines is 2. The Morgan fingerprint density at radius 2 is 1.46 bits per heavy atom. The van der Waals surface area contributed by atoms with Gasteiger partial charge in [-0.15, -0.1) is 0 Å². The Balaban J connectivity index is 1.55. The highest BCUT2D eigenvalue weighted by molar-refractivity contribution is 6.15. The summed E-state index contributed by atoms with van der Waals surface area (Å²) in [6.07, 6.45) is 11.3. The van der Waals surface area contributed by atoms with Gasteiger partial charge in [-0.2, -0.15) is 9.98 Å². The van der Waals surface area contributed by atoms with Gasteiger partial charge in [0.15, 0.2) is 17.5 Å². The van der Waals surface area contributed by atoms with Crippen molar-refractivity contribution in [1.82, 2.24) is 9.88 Å². The third kappa shape index (κ3) is 3.45. The molecule has 3 aromatic carbocycles. The Kier molecular flexibility index (Phi) is 5.27. The summed E-state index contributed by atoms with van der Waals surface area (Å²) in [7, 11) is 0. The topological polar surface area (TPSA) is 61.9 Å². The van der Waals surface area contributed by atoms with E-state index in [1.807, 2.05) is 103 Å². The molecule has 3 aliphatic heterocycles. The molecular formula is C33H24N4O2. The highest BCUT2D eigenvalue weighted by Gasteiger charge is 2.54. The van der Waals surface area contributed by atoms with Crippen LogP contribution in [0.15, 0.2) is 148 Å². The number of nitrogens with zero attached hydrogens (tertiary/aromatic N) is 4. The molecular weight excluding hydrogens is 484 g/mol. The summed E-state index contributed by atoms with van der Waals surface area (Å²) in [4.78, 5) is 26.0. The van der Waals surface area contributed by atoms with Crippen LogP contribution in [0.3, 0.4) is 0 Å². The van der Waals surface area contributed by atoms with Crippen LogP contribution in [0.2, 0.25) is 0 Å². The minimum absolute atomic E-state index is 0.280. The van der Waals surface area contributed by atoms with Crippen LogP contribution in [0.1, 0.15) is 22.8 Å². The van der Waals surface area contributed by atoms with Gasteiger partial charge in [0.05, 0.1) is 0 Å². The second-order valence-electron chi connectivity index (χ2n) is 9.49. The maximum absolute atomic E-state index is 13.0. The lowest BCUT2D eigenvalue weighted by molar-refractivity contribution is -0.114. The van der Waals surface area contributed by atoms with Crippen LogP contribution in [-0.4, -0.2) is 21.6 Å². The number of aliphatic imine (C=N–C) groups is 1. The Bertz CT molecular complexity index is 1690. The van der Waals surface area contributed by atoms with E-state index in [0.717, 1.165) is 34.1 Å². The Labute approximate surface area is 226 Å². The molecule has 0 fully saturated rings. The van der Waals surface area contributed by atoms with E-state index >= 15 is 0 Å². The molecule has 0 saturated heterocycles. The van der Waals surface area contributed by atoms with E-state index in [-0.39, 0.29) is 5.91 Å². The van der Waals surface area contributed by atoms with Crippen LogP contribution < -0.4 is 4.90 Å². The number of oxazole rings is 1. The number of amidine groups is 1. The van der Waals surface area contributed by atoms with E-state index in [0.29, 0.717) is 17.4 Å². The molecule has 39 heavy (non-hydrogen) atoms. The van der Waals surface area contributed by atoms with Crippen molar-refractivity contribution in [2.24, 2.45) is 4.99 Å². The molecule has 4 aromatic rings. The third-order valence-electron chi connectivity index (χ3n) is 7.25. The number of fused-ring (bicyclic) bond motifs is 2. The summed E-state index contributed by atoms with van der Waals surface area (Å²) in [6, 6.07) is 30.8. The molecule has 1 aromatic heterocycles. The molecule has 0 spiro atoms. The second kappa shape index (κ2) is 8.96. The van der Waals surface area contributed by atoms with Gasteiger partial charge in [-0.3, -0.25) is 14.6 Å².